The van der Waals surface area contributed by atoms with E-state index in [9.17, 15) is 10.1 Å². The van der Waals surface area contributed by atoms with Crippen molar-refractivity contribution in [2.75, 3.05) is 0 Å². The third-order valence-electron chi connectivity index (χ3n) is 0.991. The Morgan fingerprint density at radius 2 is 2.45 bits per heavy atom. The van der Waals surface area contributed by atoms with Crippen molar-refractivity contribution in [2.45, 2.75) is 5.50 Å². The Kier molecular flexibility index (Phi) is 2.31. The lowest BCUT2D eigenvalue weighted by atomic mass is 10.6. The molecule has 0 aromatic heterocycles. The van der Waals surface area contributed by atoms with E-state index in [1.807, 2.05) is 0 Å². The second-order valence-corrected chi connectivity index (χ2v) is 2.58. The van der Waals surface area contributed by atoms with Crippen molar-refractivity contribution in [2.24, 2.45) is 4.99 Å². The van der Waals surface area contributed by atoms with Crippen molar-refractivity contribution in [3.8, 4) is 0 Å². The molecule has 0 radical (unpaired) electrons. The highest BCUT2D eigenvalue weighted by molar-refractivity contribution is 6.32. The van der Waals surface area contributed by atoms with Gasteiger partial charge in [-0.3, -0.25) is 4.42 Å². The van der Waals surface area contributed by atoms with Gasteiger partial charge in [0.1, 0.15) is 6.20 Å². The summed E-state index contributed by atoms with van der Waals surface area (Å²) in [6, 6.07) is 0. The molecule has 0 saturated carbocycles. The van der Waals surface area contributed by atoms with Gasteiger partial charge in [-0.15, -0.1) is 0 Å². The molecule has 0 aromatic rings. The number of nitrogens with zero attached hydrogens (tertiary/aromatic N) is 3. The molecule has 11 heavy (non-hydrogen) atoms. The minimum absolute atomic E-state index is 0.322. The highest BCUT2D eigenvalue weighted by Gasteiger charge is 2.21. The van der Waals surface area contributed by atoms with Gasteiger partial charge in [-0.1, -0.05) is 11.6 Å². The van der Waals surface area contributed by atoms with Gasteiger partial charge in [0.05, 0.1) is 0 Å². The fourth-order valence-corrected chi connectivity index (χ4v) is 0.761. The summed E-state index contributed by atoms with van der Waals surface area (Å²) in [5, 5.41) is 10.1. The number of alkyl halides is 1. The van der Waals surface area contributed by atoms with E-state index in [4.69, 9.17) is 23.4 Å². The highest BCUT2D eigenvalue weighted by atomic mass is 35.5. The van der Waals surface area contributed by atoms with Crippen LogP contribution in [0.1, 0.15) is 0 Å². The molecule has 1 atom stereocenters. The van der Waals surface area contributed by atoms with E-state index in [0.29, 0.717) is 0 Å². The Morgan fingerprint density at radius 3 is 2.91 bits per heavy atom. The third-order valence-corrected chi connectivity index (χ3v) is 1.72. The zero-order valence-corrected chi connectivity index (χ0v) is 6.66. The van der Waals surface area contributed by atoms with Crippen LogP contribution in [0, 0.1) is 10.1 Å². The fourth-order valence-electron chi connectivity index (χ4n) is 0.511. The molecular weight excluding hydrogens is 193 g/mol. The second kappa shape index (κ2) is 3.06. The van der Waals surface area contributed by atoms with Crippen molar-refractivity contribution in [1.82, 2.24) is 4.42 Å². The maximum atomic E-state index is 10.1. The predicted molar refractivity (Wildman–Crippen MR) is 40.9 cm³/mol. The van der Waals surface area contributed by atoms with Crippen LogP contribution in [0.25, 0.3) is 0 Å². The van der Waals surface area contributed by atoms with Crippen LogP contribution in [0.3, 0.4) is 0 Å². The van der Waals surface area contributed by atoms with Crippen LogP contribution in [0.4, 0.5) is 0 Å². The molecule has 1 aliphatic rings. The fraction of sp³-hybridized carbons (Fsp3) is 0.250. The lowest BCUT2D eigenvalue weighted by Gasteiger charge is -2.13. The first-order valence-electron chi connectivity index (χ1n) is 2.60. The van der Waals surface area contributed by atoms with Crippen LogP contribution in [0.15, 0.2) is 17.0 Å². The van der Waals surface area contributed by atoms with Crippen molar-refractivity contribution >= 4 is 29.6 Å². The molecule has 1 rings (SSSR count). The summed E-state index contributed by atoms with van der Waals surface area (Å²) in [4.78, 5) is 12.9. The molecule has 0 saturated heterocycles. The van der Waals surface area contributed by atoms with E-state index in [2.05, 4.69) is 4.99 Å². The molecule has 1 unspecified atom stereocenters. The normalized spacial score (nSPS) is 23.3. The molecule has 1 aliphatic heterocycles. The topological polar surface area (TPSA) is 58.7 Å². The lowest BCUT2D eigenvalue weighted by Crippen LogP contribution is -2.22. The van der Waals surface area contributed by atoms with Gasteiger partial charge in [-0.2, -0.15) is 0 Å². The average Bonchev–Trinajstić information content (AvgIpc) is 1.94. The van der Waals surface area contributed by atoms with Crippen molar-refractivity contribution in [1.29, 1.82) is 0 Å². The number of nitro groups is 1. The number of aliphatic imine (C=N–C) groups is 1. The summed E-state index contributed by atoms with van der Waals surface area (Å²) in [6.45, 7) is 0. The minimum atomic E-state index is -0.644. The monoisotopic (exact) mass is 195 g/mol. The van der Waals surface area contributed by atoms with Gasteiger partial charge in [0.25, 0.3) is 0 Å². The maximum Gasteiger partial charge on any atom is 0.380 e. The first-order valence-corrected chi connectivity index (χ1v) is 3.37. The summed E-state index contributed by atoms with van der Waals surface area (Å²) < 4.78 is 0.979. The summed E-state index contributed by atoms with van der Waals surface area (Å²) >= 11 is 10.9. The number of hydrogen-bond acceptors (Lipinski definition) is 4. The Labute approximate surface area is 72.2 Å². The van der Waals surface area contributed by atoms with E-state index in [1.165, 1.54) is 6.21 Å². The zero-order valence-electron chi connectivity index (χ0n) is 5.15. The van der Waals surface area contributed by atoms with E-state index in [0.717, 1.165) is 10.6 Å². The molecule has 5 nitrogen and oxygen atoms in total. The largest absolute Gasteiger partial charge is 0.380 e. The van der Waals surface area contributed by atoms with E-state index < -0.39 is 10.4 Å². The van der Waals surface area contributed by atoms with Crippen LogP contribution in [-0.2, 0) is 0 Å². The summed E-state index contributed by atoms with van der Waals surface area (Å²) in [5.41, 5.74) is -0.625. The molecule has 60 valence electrons. The quantitative estimate of drug-likeness (QED) is 0.208. The van der Waals surface area contributed by atoms with Crippen LogP contribution in [-0.4, -0.2) is 21.1 Å². The van der Waals surface area contributed by atoms with Crippen LogP contribution in [0.2, 0.25) is 0 Å². The molecule has 0 bridgehead atoms. The van der Waals surface area contributed by atoms with E-state index in [1.54, 1.807) is 0 Å². The molecule has 1 heterocycles. The molecular formula is C4H3Cl2N3O2. The molecule has 0 spiro atoms. The zero-order chi connectivity index (χ0) is 8.43. The second-order valence-electron chi connectivity index (χ2n) is 1.74. The van der Waals surface area contributed by atoms with Crippen molar-refractivity contribution < 1.29 is 4.92 Å². The summed E-state index contributed by atoms with van der Waals surface area (Å²) in [5.74, 6) is -0.322. The SMILES string of the molecule is O=[N+]([O-])C1=CN(Cl)C(Cl)C=N1. The molecule has 0 amide bonds. The Hall–Kier alpha value is -0.810. The van der Waals surface area contributed by atoms with Crippen LogP contribution < -0.4 is 0 Å². The van der Waals surface area contributed by atoms with Gasteiger partial charge in [-0.05, 0) is 9.92 Å². The van der Waals surface area contributed by atoms with Crippen molar-refractivity contribution in [3.05, 3.63) is 22.1 Å². The average molecular weight is 196 g/mol. The number of halogens is 2. The molecule has 0 fully saturated rings. The van der Waals surface area contributed by atoms with E-state index in [-0.39, 0.29) is 5.82 Å². The van der Waals surface area contributed by atoms with Gasteiger partial charge in [0.15, 0.2) is 11.7 Å². The number of rotatable bonds is 1. The van der Waals surface area contributed by atoms with Crippen molar-refractivity contribution in [3.63, 3.8) is 0 Å². The lowest BCUT2D eigenvalue weighted by molar-refractivity contribution is -0.427. The molecule has 7 heteroatoms. The molecule has 0 aromatic carbocycles. The third kappa shape index (κ3) is 1.81. The Morgan fingerprint density at radius 1 is 1.82 bits per heavy atom. The first kappa shape index (κ1) is 8.29. The Balaban J connectivity index is 2.80. The van der Waals surface area contributed by atoms with Gasteiger partial charge in [0.2, 0.25) is 0 Å². The molecule has 0 aliphatic carbocycles. The van der Waals surface area contributed by atoms with Gasteiger partial charge in [0, 0.05) is 11.8 Å². The maximum absolute atomic E-state index is 10.1. The smallest absolute Gasteiger partial charge is 0.358 e. The summed E-state index contributed by atoms with van der Waals surface area (Å²) in [6.07, 6.45) is 2.24. The first-order chi connectivity index (χ1) is 5.11. The van der Waals surface area contributed by atoms with Gasteiger partial charge < -0.3 is 10.1 Å². The number of hydrogen-bond donors (Lipinski definition) is 0. The van der Waals surface area contributed by atoms with Gasteiger partial charge in [-0.25, -0.2) is 0 Å². The van der Waals surface area contributed by atoms with Crippen LogP contribution in [0.5, 0.6) is 0 Å². The van der Waals surface area contributed by atoms with Crippen LogP contribution >= 0.6 is 23.4 Å². The standard InChI is InChI=1S/C4H3Cl2N3O2/c5-3-1-7-4(9(10)11)2-8(3)6/h1-3H. The highest BCUT2D eigenvalue weighted by Crippen LogP contribution is 2.15. The summed E-state index contributed by atoms with van der Waals surface area (Å²) in [7, 11) is 0. The predicted octanol–water partition coefficient (Wildman–Crippen LogP) is 1.17. The Bertz CT molecular complexity index is 239. The molecule has 0 N–H and O–H groups in total. The van der Waals surface area contributed by atoms with Gasteiger partial charge >= 0.3 is 5.82 Å². The van der Waals surface area contributed by atoms with E-state index >= 15 is 0 Å². The minimum Gasteiger partial charge on any atom is -0.358 e.